The van der Waals surface area contributed by atoms with E-state index in [1.807, 2.05) is 6.92 Å². The summed E-state index contributed by atoms with van der Waals surface area (Å²) in [6, 6.07) is 4.49. The van der Waals surface area contributed by atoms with Gasteiger partial charge >= 0.3 is 0 Å². The fourth-order valence-electron chi connectivity index (χ4n) is 2.80. The molecule has 7 heteroatoms. The van der Waals surface area contributed by atoms with Crippen LogP contribution in [0.25, 0.3) is 0 Å². The molecule has 0 bridgehead atoms. The van der Waals surface area contributed by atoms with E-state index in [2.05, 4.69) is 17.6 Å². The van der Waals surface area contributed by atoms with Crippen molar-refractivity contribution in [3.8, 4) is 0 Å². The van der Waals surface area contributed by atoms with Crippen molar-refractivity contribution in [1.29, 1.82) is 0 Å². The number of thiocarbonyl (C=S) groups is 1. The number of benzene rings is 1. The van der Waals surface area contributed by atoms with Gasteiger partial charge in [0, 0.05) is 24.2 Å². The second-order valence-electron chi connectivity index (χ2n) is 6.84. The van der Waals surface area contributed by atoms with Crippen LogP contribution in [0.3, 0.4) is 0 Å². The fraction of sp³-hybridized carbons (Fsp3) is 0.600. The number of hydrogen-bond acceptors (Lipinski definition) is 4. The van der Waals surface area contributed by atoms with Crippen molar-refractivity contribution >= 4 is 34.6 Å². The van der Waals surface area contributed by atoms with Crippen LogP contribution in [0.5, 0.6) is 0 Å². The number of nitro benzene ring substituents is 1. The normalized spacial score (nSPS) is 10.4. The second-order valence-corrected chi connectivity index (χ2v) is 7.25. The Hall–Kier alpha value is -2.02. The third kappa shape index (κ3) is 10.0. The quantitative estimate of drug-likeness (QED) is 0.208. The SMILES string of the molecule is CCCCCCCCCCCC(=O)NC(=S)Nc1cc([N+](=O)[O-])ccc1C. The number of carbonyl (C=O) groups is 1. The number of anilines is 1. The lowest BCUT2D eigenvalue weighted by molar-refractivity contribution is -0.384. The van der Waals surface area contributed by atoms with Crippen LogP contribution in [0.1, 0.15) is 76.7 Å². The summed E-state index contributed by atoms with van der Waals surface area (Å²) in [7, 11) is 0. The van der Waals surface area contributed by atoms with Crippen molar-refractivity contribution in [3.63, 3.8) is 0 Å². The molecule has 27 heavy (non-hydrogen) atoms. The molecule has 1 aromatic rings. The summed E-state index contributed by atoms with van der Waals surface area (Å²) in [6.07, 6.45) is 11.2. The van der Waals surface area contributed by atoms with Gasteiger partial charge in [-0.3, -0.25) is 14.9 Å². The molecule has 0 fully saturated rings. The molecule has 0 heterocycles. The van der Waals surface area contributed by atoms with Gasteiger partial charge in [-0.2, -0.15) is 0 Å². The van der Waals surface area contributed by atoms with E-state index in [0.29, 0.717) is 12.1 Å². The number of amides is 1. The summed E-state index contributed by atoms with van der Waals surface area (Å²) in [5, 5.41) is 16.5. The van der Waals surface area contributed by atoms with E-state index in [0.717, 1.165) is 24.8 Å². The molecular formula is C20H31N3O3S. The maximum Gasteiger partial charge on any atom is 0.271 e. The maximum absolute atomic E-state index is 12.0. The maximum atomic E-state index is 12.0. The zero-order valence-corrected chi connectivity index (χ0v) is 17.2. The van der Waals surface area contributed by atoms with Crippen LogP contribution in [-0.2, 0) is 4.79 Å². The zero-order chi connectivity index (χ0) is 20.1. The molecule has 1 rings (SSSR count). The largest absolute Gasteiger partial charge is 0.332 e. The fourth-order valence-corrected chi connectivity index (χ4v) is 3.02. The van der Waals surface area contributed by atoms with E-state index in [1.165, 1.54) is 50.7 Å². The van der Waals surface area contributed by atoms with Crippen LogP contribution in [0.4, 0.5) is 11.4 Å². The van der Waals surface area contributed by atoms with Gasteiger partial charge in [0.2, 0.25) is 5.91 Å². The van der Waals surface area contributed by atoms with Crippen LogP contribution < -0.4 is 10.6 Å². The number of nitro groups is 1. The van der Waals surface area contributed by atoms with E-state index in [1.54, 1.807) is 6.07 Å². The first kappa shape index (κ1) is 23.0. The molecule has 0 aliphatic heterocycles. The van der Waals surface area contributed by atoms with Crippen LogP contribution in [-0.4, -0.2) is 15.9 Å². The first-order valence-corrected chi connectivity index (χ1v) is 10.2. The average molecular weight is 394 g/mol. The monoisotopic (exact) mass is 393 g/mol. The van der Waals surface area contributed by atoms with E-state index in [9.17, 15) is 14.9 Å². The number of nitrogens with zero attached hydrogens (tertiary/aromatic N) is 1. The van der Waals surface area contributed by atoms with E-state index < -0.39 is 4.92 Å². The Morgan fingerprint density at radius 3 is 2.26 bits per heavy atom. The van der Waals surface area contributed by atoms with Gasteiger partial charge in [0.1, 0.15) is 0 Å². The van der Waals surface area contributed by atoms with E-state index >= 15 is 0 Å². The predicted octanol–water partition coefficient (Wildman–Crippen LogP) is 5.64. The molecule has 0 radical (unpaired) electrons. The molecular weight excluding hydrogens is 362 g/mol. The molecule has 0 atom stereocenters. The van der Waals surface area contributed by atoms with Gasteiger partial charge in [-0.05, 0) is 31.1 Å². The predicted molar refractivity (Wildman–Crippen MR) is 114 cm³/mol. The lowest BCUT2D eigenvalue weighted by atomic mass is 10.1. The van der Waals surface area contributed by atoms with Crippen molar-refractivity contribution in [2.45, 2.75) is 78.1 Å². The van der Waals surface area contributed by atoms with Gasteiger partial charge in [-0.1, -0.05) is 64.4 Å². The second kappa shape index (κ2) is 13.2. The molecule has 0 spiro atoms. The van der Waals surface area contributed by atoms with Crippen molar-refractivity contribution in [2.75, 3.05) is 5.32 Å². The molecule has 2 N–H and O–H groups in total. The molecule has 0 saturated heterocycles. The third-order valence-electron chi connectivity index (χ3n) is 4.44. The Kier molecular flexibility index (Phi) is 11.2. The van der Waals surface area contributed by atoms with Crippen LogP contribution >= 0.6 is 12.2 Å². The van der Waals surface area contributed by atoms with Crippen LogP contribution in [0, 0.1) is 17.0 Å². The molecule has 1 aromatic carbocycles. The molecule has 6 nitrogen and oxygen atoms in total. The lowest BCUT2D eigenvalue weighted by Gasteiger charge is -2.11. The Balaban J connectivity index is 2.22. The van der Waals surface area contributed by atoms with Gasteiger partial charge in [0.05, 0.1) is 4.92 Å². The van der Waals surface area contributed by atoms with Gasteiger partial charge in [-0.25, -0.2) is 0 Å². The minimum absolute atomic E-state index is 0.0214. The van der Waals surface area contributed by atoms with E-state index in [4.69, 9.17) is 12.2 Å². The molecule has 0 aliphatic carbocycles. The third-order valence-corrected chi connectivity index (χ3v) is 4.64. The number of rotatable bonds is 12. The molecule has 0 aliphatic rings. The first-order valence-electron chi connectivity index (χ1n) is 9.80. The molecule has 0 saturated carbocycles. The zero-order valence-electron chi connectivity index (χ0n) is 16.4. The number of non-ortho nitro benzene ring substituents is 1. The highest BCUT2D eigenvalue weighted by Gasteiger charge is 2.11. The number of hydrogen-bond donors (Lipinski definition) is 2. The summed E-state index contributed by atoms with van der Waals surface area (Å²) in [4.78, 5) is 22.4. The lowest BCUT2D eigenvalue weighted by Crippen LogP contribution is -2.34. The minimum Gasteiger partial charge on any atom is -0.332 e. The molecule has 0 aromatic heterocycles. The standard InChI is InChI=1S/C20H31N3O3S/c1-3-4-5-6-7-8-9-10-11-12-19(24)22-20(27)21-18-15-17(23(25)26)14-13-16(18)2/h13-15H,3-12H2,1-2H3,(H2,21,22,24,27). The summed E-state index contributed by atoms with van der Waals surface area (Å²) < 4.78 is 0. The summed E-state index contributed by atoms with van der Waals surface area (Å²) in [5.41, 5.74) is 1.32. The van der Waals surface area contributed by atoms with Crippen molar-refractivity contribution < 1.29 is 9.72 Å². The number of carbonyl (C=O) groups excluding carboxylic acids is 1. The van der Waals surface area contributed by atoms with Gasteiger partial charge in [-0.15, -0.1) is 0 Å². The Labute approximate surface area is 167 Å². The molecule has 1 amide bonds. The highest BCUT2D eigenvalue weighted by atomic mass is 32.1. The topological polar surface area (TPSA) is 84.3 Å². The summed E-state index contributed by atoms with van der Waals surface area (Å²) in [6.45, 7) is 4.04. The van der Waals surface area contributed by atoms with Crippen LogP contribution in [0.15, 0.2) is 18.2 Å². The number of unbranched alkanes of at least 4 members (excludes halogenated alkanes) is 8. The Morgan fingerprint density at radius 1 is 1.07 bits per heavy atom. The number of nitrogens with one attached hydrogen (secondary N) is 2. The minimum atomic E-state index is -0.462. The average Bonchev–Trinajstić information content (AvgIpc) is 2.61. The Morgan fingerprint density at radius 2 is 1.67 bits per heavy atom. The number of aryl methyl sites for hydroxylation is 1. The van der Waals surface area contributed by atoms with Crippen LogP contribution in [0.2, 0.25) is 0 Å². The van der Waals surface area contributed by atoms with Gasteiger partial charge < -0.3 is 10.6 Å². The summed E-state index contributed by atoms with van der Waals surface area (Å²) in [5.74, 6) is -0.126. The highest BCUT2D eigenvalue weighted by Crippen LogP contribution is 2.21. The highest BCUT2D eigenvalue weighted by molar-refractivity contribution is 7.80. The summed E-state index contributed by atoms with van der Waals surface area (Å²) >= 11 is 5.14. The van der Waals surface area contributed by atoms with Gasteiger partial charge in [0.15, 0.2) is 5.11 Å². The smallest absolute Gasteiger partial charge is 0.271 e. The molecule has 150 valence electrons. The first-order chi connectivity index (χ1) is 12.9. The molecule has 0 unspecified atom stereocenters. The van der Waals surface area contributed by atoms with Crippen molar-refractivity contribution in [3.05, 3.63) is 33.9 Å². The van der Waals surface area contributed by atoms with Crippen molar-refractivity contribution in [2.24, 2.45) is 0 Å². The Bertz CT molecular complexity index is 635. The van der Waals surface area contributed by atoms with Crippen molar-refractivity contribution in [1.82, 2.24) is 5.32 Å². The van der Waals surface area contributed by atoms with Gasteiger partial charge in [0.25, 0.3) is 5.69 Å². The van der Waals surface area contributed by atoms with E-state index in [-0.39, 0.29) is 16.7 Å².